The molecule has 0 spiro atoms. The predicted molar refractivity (Wildman–Crippen MR) is 101 cm³/mol. The Morgan fingerprint density at radius 3 is 1.93 bits per heavy atom. The molecule has 0 fully saturated rings. The molecule has 28 heavy (non-hydrogen) atoms. The van der Waals surface area contributed by atoms with Crippen LogP contribution in [0, 0.1) is 0 Å². The van der Waals surface area contributed by atoms with Gasteiger partial charge in [0.05, 0.1) is 6.10 Å². The second-order valence-electron chi connectivity index (χ2n) is 6.00. The van der Waals surface area contributed by atoms with E-state index in [1.54, 1.807) is 12.1 Å². The molecule has 0 aliphatic heterocycles. The minimum Gasteiger partial charge on any atom is -0.491 e. The van der Waals surface area contributed by atoms with Gasteiger partial charge in [-0.25, -0.2) is 8.42 Å². The van der Waals surface area contributed by atoms with Gasteiger partial charge >= 0.3 is 6.61 Å². The molecule has 0 saturated carbocycles. The summed E-state index contributed by atoms with van der Waals surface area (Å²) in [4.78, 5) is 12.0. The molecule has 0 heterocycles. The van der Waals surface area contributed by atoms with Crippen molar-refractivity contribution in [3.8, 4) is 11.5 Å². The Kier molecular flexibility index (Phi) is 7.16. The number of alkyl halides is 2. The van der Waals surface area contributed by atoms with E-state index in [2.05, 4.69) is 14.8 Å². The zero-order valence-electron chi connectivity index (χ0n) is 15.2. The standard InChI is InChI=1S/C18H20F2N2O5S/c1-12(2)26-15-9-5-14(6-10-15)22-28(24,25)11-17(23)21-13-3-7-16(8-4-13)27-18(19)20/h3-10,12,18,22H,11H2,1-2H3,(H,21,23). The van der Waals surface area contributed by atoms with Gasteiger partial charge in [-0.05, 0) is 62.4 Å². The van der Waals surface area contributed by atoms with Gasteiger partial charge in [0.25, 0.3) is 0 Å². The summed E-state index contributed by atoms with van der Waals surface area (Å²) in [5, 5.41) is 2.37. The number of hydrogen-bond donors (Lipinski definition) is 2. The number of ether oxygens (including phenoxy) is 2. The maximum absolute atomic E-state index is 12.1. The largest absolute Gasteiger partial charge is 0.491 e. The third kappa shape index (κ3) is 7.39. The van der Waals surface area contributed by atoms with Crippen molar-refractivity contribution in [3.63, 3.8) is 0 Å². The second-order valence-corrected chi connectivity index (χ2v) is 7.73. The normalized spacial score (nSPS) is 11.4. The first-order valence-electron chi connectivity index (χ1n) is 8.25. The van der Waals surface area contributed by atoms with Gasteiger partial charge in [-0.1, -0.05) is 0 Å². The topological polar surface area (TPSA) is 93.7 Å². The van der Waals surface area contributed by atoms with Crippen LogP contribution in [0.1, 0.15) is 13.8 Å². The molecule has 2 N–H and O–H groups in total. The Morgan fingerprint density at radius 2 is 1.43 bits per heavy atom. The van der Waals surface area contributed by atoms with Gasteiger partial charge in [-0.2, -0.15) is 8.78 Å². The van der Waals surface area contributed by atoms with Crippen LogP contribution in [-0.4, -0.2) is 32.8 Å². The van der Waals surface area contributed by atoms with Crippen molar-refractivity contribution in [1.82, 2.24) is 0 Å². The van der Waals surface area contributed by atoms with E-state index in [0.29, 0.717) is 5.75 Å². The summed E-state index contributed by atoms with van der Waals surface area (Å²) in [6.45, 7) is 0.783. The summed E-state index contributed by atoms with van der Waals surface area (Å²) in [6, 6.07) is 11.4. The van der Waals surface area contributed by atoms with Gasteiger partial charge < -0.3 is 14.8 Å². The molecule has 2 rings (SSSR count). The molecule has 0 aromatic heterocycles. The summed E-state index contributed by atoms with van der Waals surface area (Å²) in [5.41, 5.74) is 0.536. The van der Waals surface area contributed by atoms with Crippen molar-refractivity contribution in [3.05, 3.63) is 48.5 Å². The fourth-order valence-electron chi connectivity index (χ4n) is 2.18. The highest BCUT2D eigenvalue weighted by Crippen LogP contribution is 2.19. The van der Waals surface area contributed by atoms with Crippen molar-refractivity contribution in [2.75, 3.05) is 15.8 Å². The van der Waals surface area contributed by atoms with Crippen molar-refractivity contribution >= 4 is 27.3 Å². The lowest BCUT2D eigenvalue weighted by Gasteiger charge is -2.12. The first kappa shape index (κ1) is 21.4. The third-order valence-electron chi connectivity index (χ3n) is 3.18. The van der Waals surface area contributed by atoms with E-state index in [1.165, 1.54) is 36.4 Å². The molecule has 10 heteroatoms. The molecule has 0 radical (unpaired) electrons. The average molecular weight is 414 g/mol. The van der Waals surface area contributed by atoms with Gasteiger partial charge in [0.2, 0.25) is 15.9 Å². The van der Waals surface area contributed by atoms with Crippen molar-refractivity contribution in [2.24, 2.45) is 0 Å². The highest BCUT2D eigenvalue weighted by molar-refractivity contribution is 7.93. The number of hydrogen-bond acceptors (Lipinski definition) is 5. The molecule has 1 amide bonds. The maximum Gasteiger partial charge on any atom is 0.387 e. The molecule has 0 unspecified atom stereocenters. The van der Waals surface area contributed by atoms with Crippen LogP contribution in [0.15, 0.2) is 48.5 Å². The minimum atomic E-state index is -3.94. The van der Waals surface area contributed by atoms with Gasteiger partial charge in [0, 0.05) is 11.4 Å². The van der Waals surface area contributed by atoms with Crippen LogP contribution in [0.3, 0.4) is 0 Å². The molecule has 0 aliphatic rings. The molecule has 0 aliphatic carbocycles. The van der Waals surface area contributed by atoms with E-state index >= 15 is 0 Å². The molecule has 0 atom stereocenters. The Bertz CT molecular complexity index is 885. The molecule has 0 saturated heterocycles. The third-order valence-corrected chi connectivity index (χ3v) is 4.37. The van der Waals surface area contributed by atoms with Gasteiger partial charge in [0.1, 0.15) is 17.3 Å². The van der Waals surface area contributed by atoms with E-state index < -0.39 is 28.3 Å². The lowest BCUT2D eigenvalue weighted by atomic mass is 10.3. The van der Waals surface area contributed by atoms with E-state index in [9.17, 15) is 22.0 Å². The Hall–Kier alpha value is -2.88. The minimum absolute atomic E-state index is 0.0118. The van der Waals surface area contributed by atoms with Gasteiger partial charge in [-0.3, -0.25) is 9.52 Å². The lowest BCUT2D eigenvalue weighted by molar-refractivity contribution is -0.113. The smallest absolute Gasteiger partial charge is 0.387 e. The first-order valence-corrected chi connectivity index (χ1v) is 9.90. The zero-order valence-corrected chi connectivity index (χ0v) is 16.0. The molecular weight excluding hydrogens is 394 g/mol. The zero-order chi connectivity index (χ0) is 20.7. The number of carbonyl (C=O) groups excluding carboxylic acids is 1. The lowest BCUT2D eigenvalue weighted by Crippen LogP contribution is -2.27. The van der Waals surface area contributed by atoms with Crippen LogP contribution < -0.4 is 19.5 Å². The fourth-order valence-corrected chi connectivity index (χ4v) is 3.16. The monoisotopic (exact) mass is 414 g/mol. The molecule has 2 aromatic rings. The quantitative estimate of drug-likeness (QED) is 0.656. The van der Waals surface area contributed by atoms with Gasteiger partial charge in [-0.15, -0.1) is 0 Å². The van der Waals surface area contributed by atoms with E-state index in [-0.39, 0.29) is 23.2 Å². The summed E-state index contributed by atoms with van der Waals surface area (Å²) in [6.07, 6.45) is -0.0118. The fraction of sp³-hybridized carbons (Fsp3) is 0.278. The van der Waals surface area contributed by atoms with Crippen LogP contribution in [0.2, 0.25) is 0 Å². The Balaban J connectivity index is 1.91. The highest BCUT2D eigenvalue weighted by atomic mass is 32.2. The maximum atomic E-state index is 12.1. The van der Waals surface area contributed by atoms with Crippen molar-refractivity contribution in [1.29, 1.82) is 0 Å². The van der Waals surface area contributed by atoms with Crippen molar-refractivity contribution < 1.29 is 31.5 Å². The molecule has 152 valence electrons. The number of halogens is 2. The average Bonchev–Trinajstić information content (AvgIpc) is 2.56. The summed E-state index contributed by atoms with van der Waals surface area (Å²) >= 11 is 0. The second kappa shape index (κ2) is 9.36. The van der Waals surface area contributed by atoms with Crippen LogP contribution in [0.5, 0.6) is 11.5 Å². The summed E-state index contributed by atoms with van der Waals surface area (Å²) in [7, 11) is -3.94. The summed E-state index contributed by atoms with van der Waals surface area (Å²) in [5.74, 6) is -1.08. The van der Waals surface area contributed by atoms with Crippen LogP contribution in [0.25, 0.3) is 0 Å². The number of rotatable bonds is 9. The van der Waals surface area contributed by atoms with E-state index in [1.807, 2.05) is 13.8 Å². The van der Waals surface area contributed by atoms with Crippen molar-refractivity contribution in [2.45, 2.75) is 26.6 Å². The van der Waals surface area contributed by atoms with E-state index in [0.717, 1.165) is 0 Å². The number of carbonyl (C=O) groups is 1. The van der Waals surface area contributed by atoms with Crippen LogP contribution in [-0.2, 0) is 14.8 Å². The number of sulfonamides is 1. The Labute approximate surface area is 161 Å². The van der Waals surface area contributed by atoms with Crippen LogP contribution >= 0.6 is 0 Å². The first-order chi connectivity index (χ1) is 13.1. The number of nitrogens with one attached hydrogen (secondary N) is 2. The summed E-state index contributed by atoms with van der Waals surface area (Å²) < 4.78 is 60.4. The molecule has 7 nitrogen and oxygen atoms in total. The highest BCUT2D eigenvalue weighted by Gasteiger charge is 2.17. The molecule has 2 aromatic carbocycles. The number of benzene rings is 2. The van der Waals surface area contributed by atoms with E-state index in [4.69, 9.17) is 4.74 Å². The molecular formula is C18H20F2N2O5S. The van der Waals surface area contributed by atoms with Gasteiger partial charge in [0.15, 0.2) is 0 Å². The predicted octanol–water partition coefficient (Wildman–Crippen LogP) is 3.46. The molecule has 0 bridgehead atoms. The number of anilines is 2. The Morgan fingerprint density at radius 1 is 0.929 bits per heavy atom. The van der Waals surface area contributed by atoms with Crippen LogP contribution in [0.4, 0.5) is 20.2 Å². The SMILES string of the molecule is CC(C)Oc1ccc(NS(=O)(=O)CC(=O)Nc2ccc(OC(F)F)cc2)cc1. The number of amides is 1.